The molecule has 1 N–H and O–H groups in total. The highest BCUT2D eigenvalue weighted by atomic mass is 16.7. The van der Waals surface area contributed by atoms with Crippen molar-refractivity contribution in [1.82, 2.24) is 9.80 Å². The van der Waals surface area contributed by atoms with Crippen LogP contribution in [-0.4, -0.2) is 88.4 Å². The lowest BCUT2D eigenvalue weighted by Crippen LogP contribution is -2.48. The van der Waals surface area contributed by atoms with Crippen LogP contribution < -0.4 is 18.9 Å². The van der Waals surface area contributed by atoms with Crippen LogP contribution in [0.3, 0.4) is 0 Å². The van der Waals surface area contributed by atoms with E-state index in [1.807, 2.05) is 6.92 Å². The van der Waals surface area contributed by atoms with Crippen molar-refractivity contribution >= 4 is 5.91 Å². The van der Waals surface area contributed by atoms with Gasteiger partial charge in [-0.1, -0.05) is 55.8 Å². The monoisotopic (exact) mass is 856 g/mol. The number of aliphatic hydroxyl groups excluding tert-OH is 1. The number of aliphatic hydroxyl groups is 1. The summed E-state index contributed by atoms with van der Waals surface area (Å²) in [5.41, 5.74) is 11.2. The minimum atomic E-state index is -0.647. The normalized spacial score (nSPS) is 24.8. The Morgan fingerprint density at radius 1 is 0.778 bits per heavy atom. The quantitative estimate of drug-likeness (QED) is 0.117. The highest BCUT2D eigenvalue weighted by Crippen LogP contribution is 2.51. The van der Waals surface area contributed by atoms with Crippen LogP contribution in [0.15, 0.2) is 78.6 Å². The zero-order valence-corrected chi connectivity index (χ0v) is 37.9. The molecule has 1 fully saturated rings. The van der Waals surface area contributed by atoms with Crippen molar-refractivity contribution in [2.45, 2.75) is 89.5 Å². The number of nitrogens with zero attached hydrogens (tertiary/aromatic N) is 2. The molecule has 10 nitrogen and oxygen atoms in total. The summed E-state index contributed by atoms with van der Waals surface area (Å²) in [4.78, 5) is 20.3. The summed E-state index contributed by atoms with van der Waals surface area (Å²) in [5, 5.41) is 10.1. The van der Waals surface area contributed by atoms with E-state index < -0.39 is 6.29 Å². The Bertz CT molecular complexity index is 2340. The van der Waals surface area contributed by atoms with Gasteiger partial charge < -0.3 is 38.4 Å². The van der Waals surface area contributed by atoms with Gasteiger partial charge in [0.25, 0.3) is 5.91 Å². The lowest BCUT2D eigenvalue weighted by Gasteiger charge is -2.49. The number of allylic oxidation sites excluding steroid dienone is 1. The molecule has 4 aliphatic heterocycles. The molecule has 1 saturated heterocycles. The number of carbonyl (C=O) groups excluding carboxylic acids is 1. The second kappa shape index (κ2) is 18.6. The molecular formula is C53H64N2O8. The Labute approximate surface area is 373 Å². The van der Waals surface area contributed by atoms with Crippen molar-refractivity contribution in [2.75, 3.05) is 61.3 Å². The maximum Gasteiger partial charge on any atom is 0.289 e. The molecule has 7 atom stereocenters. The zero-order chi connectivity index (χ0) is 43.8. The number of fused-ring (bicyclic) bond motifs is 7. The van der Waals surface area contributed by atoms with E-state index >= 15 is 4.79 Å². The molecule has 4 aromatic carbocycles. The van der Waals surface area contributed by atoms with E-state index in [-0.39, 0.29) is 36.4 Å². The van der Waals surface area contributed by atoms with Crippen LogP contribution in [0.1, 0.15) is 103 Å². The molecule has 4 aromatic rings. The van der Waals surface area contributed by atoms with Gasteiger partial charge in [0.15, 0.2) is 28.8 Å². The molecule has 334 valence electrons. The van der Waals surface area contributed by atoms with Crippen LogP contribution in [0, 0.1) is 17.8 Å². The van der Waals surface area contributed by atoms with Gasteiger partial charge in [-0.3, -0.25) is 9.69 Å². The van der Waals surface area contributed by atoms with Gasteiger partial charge in [0.2, 0.25) is 6.29 Å². The van der Waals surface area contributed by atoms with E-state index in [1.165, 1.54) is 44.5 Å². The van der Waals surface area contributed by atoms with Gasteiger partial charge in [0.05, 0.1) is 34.5 Å². The molecule has 1 aliphatic carbocycles. The topological polar surface area (TPSA) is 99.2 Å². The highest BCUT2D eigenvalue weighted by Gasteiger charge is 2.45. The van der Waals surface area contributed by atoms with Crippen molar-refractivity contribution < 1.29 is 38.3 Å². The number of rotatable bonds is 14. The van der Waals surface area contributed by atoms with Crippen molar-refractivity contribution in [3.05, 3.63) is 118 Å². The molecular weight excluding hydrogens is 793 g/mol. The molecule has 4 heterocycles. The molecule has 1 amide bonds. The third kappa shape index (κ3) is 7.97. The van der Waals surface area contributed by atoms with Gasteiger partial charge in [-0.05, 0) is 144 Å². The second-order valence-electron chi connectivity index (χ2n) is 18.0. The number of benzene rings is 4. The van der Waals surface area contributed by atoms with E-state index in [1.54, 1.807) is 28.4 Å². The predicted octanol–water partition coefficient (Wildman–Crippen LogP) is 9.20. The van der Waals surface area contributed by atoms with Crippen LogP contribution in [0.5, 0.6) is 23.0 Å². The fourth-order valence-corrected chi connectivity index (χ4v) is 11.8. The predicted molar refractivity (Wildman–Crippen MR) is 244 cm³/mol. The maximum atomic E-state index is 15.6. The van der Waals surface area contributed by atoms with Crippen molar-refractivity contribution in [1.29, 1.82) is 0 Å². The standard InChI is InChI=1S/C53H64N2O8/c1-7-32-31-54-20-18-34-26-47(58-3)49(60-5)28-41(34)45(54)24-36(32)25-46-42-29-50(61-6)48(59-4)27-35(42)19-21-55(46)52(57)51-30-44(40(17-12-22-56)53(63-51)62-8-2)39-16-11-15-38-37-14-10-9-13-33(37)23-43(38)39/h9-11,13-16,26-30,32,36,40,44-46,53,56H,7-8,12,17-25,31H2,1-6H3. The maximum absolute atomic E-state index is 15.6. The van der Waals surface area contributed by atoms with E-state index in [2.05, 4.69) is 89.5 Å². The number of amides is 1. The summed E-state index contributed by atoms with van der Waals surface area (Å²) in [7, 11) is 6.77. The lowest BCUT2D eigenvalue weighted by molar-refractivity contribution is -0.171. The Morgan fingerprint density at radius 2 is 1.46 bits per heavy atom. The van der Waals surface area contributed by atoms with Crippen molar-refractivity contribution in [3.8, 4) is 34.1 Å². The molecule has 0 bridgehead atoms. The summed E-state index contributed by atoms with van der Waals surface area (Å²) in [5.74, 6) is 3.66. The first kappa shape index (κ1) is 43.2. The fourth-order valence-electron chi connectivity index (χ4n) is 11.8. The first-order valence-corrected chi connectivity index (χ1v) is 23.2. The van der Waals surface area contributed by atoms with Crippen LogP contribution in [0.2, 0.25) is 0 Å². The summed E-state index contributed by atoms with van der Waals surface area (Å²) in [6, 6.07) is 23.8. The van der Waals surface area contributed by atoms with Crippen LogP contribution in [-0.2, 0) is 33.5 Å². The van der Waals surface area contributed by atoms with Gasteiger partial charge in [-0.25, -0.2) is 0 Å². The van der Waals surface area contributed by atoms with E-state index in [9.17, 15) is 5.11 Å². The molecule has 0 aromatic heterocycles. The van der Waals surface area contributed by atoms with Gasteiger partial charge in [-0.2, -0.15) is 0 Å². The minimum Gasteiger partial charge on any atom is -0.493 e. The third-order valence-electron chi connectivity index (χ3n) is 15.0. The van der Waals surface area contributed by atoms with Crippen LogP contribution in [0.25, 0.3) is 11.1 Å². The lowest BCUT2D eigenvalue weighted by atomic mass is 9.72. The summed E-state index contributed by atoms with van der Waals surface area (Å²) < 4.78 is 36.5. The SMILES string of the molecule is CCOC1OC(C(=O)N2CCc3cc(OC)c(OC)cc3C2CC2CC3c4cc(OC)c(OC)cc4CCN3CC2CC)=CC(c2cccc3c2Cc2ccccc2-3)C1CCCO. The average Bonchev–Trinajstić information content (AvgIpc) is 3.71. The molecule has 63 heavy (non-hydrogen) atoms. The fraction of sp³-hybridized carbons (Fsp3) is 0.491. The molecule has 5 aliphatic rings. The Kier molecular flexibility index (Phi) is 12.8. The van der Waals surface area contributed by atoms with Gasteiger partial charge in [-0.15, -0.1) is 0 Å². The Balaban J connectivity index is 1.11. The first-order chi connectivity index (χ1) is 30.8. The molecule has 0 spiro atoms. The van der Waals surface area contributed by atoms with E-state index in [0.29, 0.717) is 61.5 Å². The Morgan fingerprint density at radius 3 is 2.17 bits per heavy atom. The van der Waals surface area contributed by atoms with Gasteiger partial charge >= 0.3 is 0 Å². The number of methoxy groups -OCH3 is 4. The summed E-state index contributed by atoms with van der Waals surface area (Å²) >= 11 is 0. The van der Waals surface area contributed by atoms with Gasteiger partial charge in [0.1, 0.15) is 0 Å². The number of piperidine rings is 1. The number of hydrogen-bond donors (Lipinski definition) is 1. The van der Waals surface area contributed by atoms with E-state index in [4.69, 9.17) is 28.4 Å². The number of ether oxygens (including phenoxy) is 6. The third-order valence-corrected chi connectivity index (χ3v) is 15.0. The van der Waals surface area contributed by atoms with Gasteiger partial charge in [0, 0.05) is 50.7 Å². The summed E-state index contributed by atoms with van der Waals surface area (Å²) in [6.07, 6.45) is 8.08. The van der Waals surface area contributed by atoms with E-state index in [0.717, 1.165) is 62.3 Å². The second-order valence-corrected chi connectivity index (χ2v) is 18.0. The summed E-state index contributed by atoms with van der Waals surface area (Å²) in [6.45, 7) is 7.36. The van der Waals surface area contributed by atoms with Crippen molar-refractivity contribution in [2.24, 2.45) is 17.8 Å². The number of carbonyl (C=O) groups is 1. The average molecular weight is 857 g/mol. The number of hydrogen-bond acceptors (Lipinski definition) is 9. The van der Waals surface area contributed by atoms with Crippen molar-refractivity contribution in [3.63, 3.8) is 0 Å². The molecule has 9 rings (SSSR count). The zero-order valence-electron chi connectivity index (χ0n) is 37.9. The Hall–Kier alpha value is -5.03. The smallest absolute Gasteiger partial charge is 0.289 e. The first-order valence-electron chi connectivity index (χ1n) is 23.2. The largest absolute Gasteiger partial charge is 0.493 e. The molecule has 0 radical (unpaired) electrons. The van der Waals surface area contributed by atoms with Crippen LogP contribution >= 0.6 is 0 Å². The highest BCUT2D eigenvalue weighted by molar-refractivity contribution is 5.92. The molecule has 7 unspecified atom stereocenters. The molecule has 0 saturated carbocycles. The molecule has 10 heteroatoms. The minimum absolute atomic E-state index is 0.0743. The van der Waals surface area contributed by atoms with Crippen LogP contribution in [0.4, 0.5) is 0 Å².